The highest BCUT2D eigenvalue weighted by Gasteiger charge is 2.09. The third-order valence-corrected chi connectivity index (χ3v) is 2.18. The molecular weight excluding hydrogens is 196 g/mol. The molecular formula is C10H12N2O3. The molecule has 0 spiro atoms. The van der Waals surface area contributed by atoms with Gasteiger partial charge in [0.2, 0.25) is 0 Å². The first kappa shape index (κ1) is 9.79. The number of nitrogens with zero attached hydrogens (tertiary/aromatic N) is 1. The van der Waals surface area contributed by atoms with Gasteiger partial charge in [-0.2, -0.15) is 0 Å². The fraction of sp³-hybridized carbons (Fsp3) is 0.300. The van der Waals surface area contributed by atoms with Gasteiger partial charge in [0, 0.05) is 12.1 Å². The third-order valence-electron chi connectivity index (χ3n) is 2.18. The van der Waals surface area contributed by atoms with Gasteiger partial charge in [0.25, 0.3) is 0 Å². The van der Waals surface area contributed by atoms with E-state index < -0.39 is 0 Å². The molecule has 0 saturated carbocycles. The number of hydrogen-bond acceptors (Lipinski definition) is 4. The van der Waals surface area contributed by atoms with Crippen molar-refractivity contribution >= 4 is 11.0 Å². The maximum Gasteiger partial charge on any atom is 0.150 e. The number of rotatable bonds is 3. The van der Waals surface area contributed by atoms with Crippen LogP contribution < -0.4 is 9.47 Å². The first-order valence-electron chi connectivity index (χ1n) is 4.50. The number of aromatic nitrogens is 2. The summed E-state index contributed by atoms with van der Waals surface area (Å²) < 4.78 is 10.3. The number of ether oxygens (including phenoxy) is 2. The Kier molecular flexibility index (Phi) is 2.47. The molecule has 0 aliphatic carbocycles. The number of fused-ring (bicyclic) bond motifs is 1. The molecule has 80 valence electrons. The summed E-state index contributed by atoms with van der Waals surface area (Å²) in [6.07, 6.45) is 0. The predicted molar refractivity (Wildman–Crippen MR) is 55.1 cm³/mol. The maximum atomic E-state index is 8.96. The second-order valence-corrected chi connectivity index (χ2v) is 3.07. The average Bonchev–Trinajstić information content (AvgIpc) is 2.70. The lowest BCUT2D eigenvalue weighted by atomic mass is 10.3. The number of benzene rings is 1. The number of hydrogen-bond donors (Lipinski definition) is 2. The van der Waals surface area contributed by atoms with Gasteiger partial charge in [0.1, 0.15) is 29.4 Å². The van der Waals surface area contributed by atoms with Gasteiger partial charge in [-0.15, -0.1) is 0 Å². The molecule has 0 aliphatic heterocycles. The predicted octanol–water partition coefficient (Wildman–Crippen LogP) is 1.07. The Morgan fingerprint density at radius 1 is 1.33 bits per heavy atom. The highest BCUT2D eigenvalue weighted by atomic mass is 16.5. The Morgan fingerprint density at radius 3 is 2.73 bits per heavy atom. The fourth-order valence-corrected chi connectivity index (χ4v) is 1.46. The van der Waals surface area contributed by atoms with Crippen molar-refractivity contribution in [3.8, 4) is 11.5 Å². The molecule has 5 nitrogen and oxygen atoms in total. The van der Waals surface area contributed by atoms with E-state index in [4.69, 9.17) is 14.6 Å². The summed E-state index contributed by atoms with van der Waals surface area (Å²) in [5.74, 6) is 1.82. The van der Waals surface area contributed by atoms with Crippen LogP contribution in [0.5, 0.6) is 11.5 Å². The van der Waals surface area contributed by atoms with Gasteiger partial charge in [-0.05, 0) is 0 Å². The van der Waals surface area contributed by atoms with E-state index in [-0.39, 0.29) is 6.61 Å². The van der Waals surface area contributed by atoms with E-state index in [0.717, 1.165) is 5.52 Å². The zero-order valence-electron chi connectivity index (χ0n) is 8.57. The molecule has 0 amide bonds. The van der Waals surface area contributed by atoms with Crippen LogP contribution in [0.3, 0.4) is 0 Å². The van der Waals surface area contributed by atoms with Crippen LogP contribution in [-0.4, -0.2) is 29.3 Å². The van der Waals surface area contributed by atoms with E-state index in [1.54, 1.807) is 20.3 Å². The Morgan fingerprint density at radius 2 is 2.13 bits per heavy atom. The SMILES string of the molecule is COc1cc(OC)c2nc(CO)[nH]c2c1. The third kappa shape index (κ3) is 1.61. The van der Waals surface area contributed by atoms with Crippen molar-refractivity contribution in [1.82, 2.24) is 9.97 Å². The van der Waals surface area contributed by atoms with Crippen LogP contribution in [0.2, 0.25) is 0 Å². The molecule has 1 aromatic carbocycles. The van der Waals surface area contributed by atoms with E-state index >= 15 is 0 Å². The Labute approximate surface area is 86.7 Å². The van der Waals surface area contributed by atoms with E-state index in [0.29, 0.717) is 22.8 Å². The van der Waals surface area contributed by atoms with Crippen LogP contribution >= 0.6 is 0 Å². The molecule has 0 atom stereocenters. The molecule has 5 heteroatoms. The number of methoxy groups -OCH3 is 2. The normalized spacial score (nSPS) is 10.6. The monoisotopic (exact) mass is 208 g/mol. The lowest BCUT2D eigenvalue weighted by Crippen LogP contribution is -1.88. The standard InChI is InChI=1S/C10H12N2O3/c1-14-6-3-7-10(8(4-6)15-2)12-9(5-13)11-7/h3-4,13H,5H2,1-2H3,(H,11,12). The Bertz CT molecular complexity index is 479. The molecule has 0 unspecified atom stereocenters. The summed E-state index contributed by atoms with van der Waals surface area (Å²) in [4.78, 5) is 7.16. The Hall–Kier alpha value is -1.75. The number of imidazole rings is 1. The molecule has 2 rings (SSSR count). The second-order valence-electron chi connectivity index (χ2n) is 3.07. The Balaban J connectivity index is 2.66. The summed E-state index contributed by atoms with van der Waals surface area (Å²) >= 11 is 0. The van der Waals surface area contributed by atoms with Gasteiger partial charge in [0.05, 0.1) is 19.7 Å². The zero-order valence-corrected chi connectivity index (χ0v) is 8.57. The molecule has 0 radical (unpaired) electrons. The summed E-state index contributed by atoms with van der Waals surface area (Å²) in [6, 6.07) is 3.56. The van der Waals surface area contributed by atoms with Crippen molar-refractivity contribution in [1.29, 1.82) is 0 Å². The zero-order chi connectivity index (χ0) is 10.8. The summed E-state index contributed by atoms with van der Waals surface area (Å²) in [5.41, 5.74) is 1.48. The lowest BCUT2D eigenvalue weighted by molar-refractivity contribution is 0.273. The molecule has 0 aliphatic rings. The number of aromatic amines is 1. The molecule has 2 aromatic rings. The van der Waals surface area contributed by atoms with Crippen molar-refractivity contribution in [2.75, 3.05) is 14.2 Å². The molecule has 15 heavy (non-hydrogen) atoms. The molecule has 0 saturated heterocycles. The number of aliphatic hydroxyl groups excluding tert-OH is 1. The molecule has 1 heterocycles. The minimum atomic E-state index is -0.125. The van der Waals surface area contributed by atoms with Gasteiger partial charge in [0.15, 0.2) is 0 Å². The number of nitrogens with one attached hydrogen (secondary N) is 1. The van der Waals surface area contributed by atoms with Crippen molar-refractivity contribution < 1.29 is 14.6 Å². The average molecular weight is 208 g/mol. The number of aliphatic hydroxyl groups is 1. The molecule has 0 fully saturated rings. The highest BCUT2D eigenvalue weighted by molar-refractivity contribution is 5.83. The minimum Gasteiger partial charge on any atom is -0.497 e. The van der Waals surface area contributed by atoms with Crippen molar-refractivity contribution in [3.05, 3.63) is 18.0 Å². The van der Waals surface area contributed by atoms with E-state index in [1.807, 2.05) is 6.07 Å². The van der Waals surface area contributed by atoms with Gasteiger partial charge in [-0.1, -0.05) is 0 Å². The first-order valence-corrected chi connectivity index (χ1v) is 4.50. The van der Waals surface area contributed by atoms with Gasteiger partial charge in [-0.3, -0.25) is 0 Å². The topological polar surface area (TPSA) is 67.4 Å². The van der Waals surface area contributed by atoms with Crippen LogP contribution in [0.25, 0.3) is 11.0 Å². The lowest BCUT2D eigenvalue weighted by Gasteiger charge is -2.03. The maximum absolute atomic E-state index is 8.96. The minimum absolute atomic E-state index is 0.125. The van der Waals surface area contributed by atoms with E-state index in [1.165, 1.54) is 0 Å². The summed E-state index contributed by atoms with van der Waals surface area (Å²) in [5, 5.41) is 8.96. The highest BCUT2D eigenvalue weighted by Crippen LogP contribution is 2.29. The van der Waals surface area contributed by atoms with Crippen molar-refractivity contribution in [2.24, 2.45) is 0 Å². The smallest absolute Gasteiger partial charge is 0.150 e. The second kappa shape index (κ2) is 3.78. The summed E-state index contributed by atoms with van der Waals surface area (Å²) in [7, 11) is 3.16. The van der Waals surface area contributed by atoms with Crippen LogP contribution in [-0.2, 0) is 6.61 Å². The molecule has 0 bridgehead atoms. The fourth-order valence-electron chi connectivity index (χ4n) is 1.46. The van der Waals surface area contributed by atoms with Crippen molar-refractivity contribution in [2.45, 2.75) is 6.61 Å². The molecule has 1 aromatic heterocycles. The van der Waals surface area contributed by atoms with Crippen LogP contribution in [0.1, 0.15) is 5.82 Å². The van der Waals surface area contributed by atoms with Crippen LogP contribution in [0.15, 0.2) is 12.1 Å². The first-order chi connectivity index (χ1) is 7.28. The van der Waals surface area contributed by atoms with Gasteiger partial charge in [-0.25, -0.2) is 4.98 Å². The number of H-pyrrole nitrogens is 1. The van der Waals surface area contributed by atoms with Crippen molar-refractivity contribution in [3.63, 3.8) is 0 Å². The van der Waals surface area contributed by atoms with Gasteiger partial charge >= 0.3 is 0 Å². The molecule has 2 N–H and O–H groups in total. The van der Waals surface area contributed by atoms with E-state index in [2.05, 4.69) is 9.97 Å². The van der Waals surface area contributed by atoms with Gasteiger partial charge < -0.3 is 19.6 Å². The van der Waals surface area contributed by atoms with Crippen LogP contribution in [0.4, 0.5) is 0 Å². The summed E-state index contributed by atoms with van der Waals surface area (Å²) in [6.45, 7) is -0.125. The van der Waals surface area contributed by atoms with Crippen LogP contribution in [0, 0.1) is 0 Å². The quantitative estimate of drug-likeness (QED) is 0.791. The van der Waals surface area contributed by atoms with E-state index in [9.17, 15) is 0 Å². The largest absolute Gasteiger partial charge is 0.497 e.